The Kier molecular flexibility index (Phi) is 6.23. The number of hydrogen-bond donors (Lipinski definition) is 0. The molecule has 0 N–H and O–H groups in total. The van der Waals surface area contributed by atoms with E-state index in [1.165, 1.54) is 29.3 Å². The van der Waals surface area contributed by atoms with Gasteiger partial charge in [0.1, 0.15) is 18.5 Å². The van der Waals surface area contributed by atoms with Gasteiger partial charge >= 0.3 is 6.09 Å². The van der Waals surface area contributed by atoms with Crippen LogP contribution in [0.25, 0.3) is 0 Å². The first-order chi connectivity index (χ1) is 17.3. The minimum absolute atomic E-state index is 0.0868. The highest BCUT2D eigenvalue weighted by Gasteiger charge is 2.48. The van der Waals surface area contributed by atoms with E-state index in [0.717, 1.165) is 9.37 Å². The fourth-order valence-corrected chi connectivity index (χ4v) is 4.61. The van der Waals surface area contributed by atoms with Crippen LogP contribution < -0.4 is 5.01 Å². The van der Waals surface area contributed by atoms with Crippen molar-refractivity contribution in [3.63, 3.8) is 0 Å². The van der Waals surface area contributed by atoms with E-state index in [1.807, 2.05) is 0 Å². The van der Waals surface area contributed by atoms with Crippen LogP contribution in [0.15, 0.2) is 82.4 Å². The Hall–Kier alpha value is -4.12. The third-order valence-corrected chi connectivity index (χ3v) is 6.59. The highest BCUT2D eigenvalue weighted by atomic mass is 79.9. The van der Waals surface area contributed by atoms with Crippen LogP contribution >= 0.6 is 15.9 Å². The van der Waals surface area contributed by atoms with Crippen molar-refractivity contribution in [3.8, 4) is 0 Å². The van der Waals surface area contributed by atoms with Crippen LogP contribution in [0.1, 0.15) is 17.0 Å². The molecular weight excluding hydrogens is 535 g/mol. The fraction of sp³-hybridized carbons (Fsp3) is 0.160. The summed E-state index contributed by atoms with van der Waals surface area (Å²) in [6, 6.07) is 17.7. The van der Waals surface area contributed by atoms with E-state index in [9.17, 15) is 24.1 Å². The number of nitro benzene ring substituents is 1. The molecule has 2 amide bonds. The Morgan fingerprint density at radius 3 is 2.31 bits per heavy atom. The summed E-state index contributed by atoms with van der Waals surface area (Å²) in [5.41, 5.74) is 2.09. The predicted octanol–water partition coefficient (Wildman–Crippen LogP) is 4.85. The maximum Gasteiger partial charge on any atom is 0.416 e. The number of hydrogen-bond acceptors (Lipinski definition) is 7. The molecule has 0 spiro atoms. The number of non-ortho nitro benzene ring substituents is 1. The first kappa shape index (κ1) is 23.6. The summed E-state index contributed by atoms with van der Waals surface area (Å²) in [7, 11) is 0. The molecule has 0 aliphatic carbocycles. The van der Waals surface area contributed by atoms with Gasteiger partial charge in [0.15, 0.2) is 0 Å². The van der Waals surface area contributed by atoms with Gasteiger partial charge in [0, 0.05) is 16.6 Å². The second kappa shape index (κ2) is 9.50. The van der Waals surface area contributed by atoms with Crippen molar-refractivity contribution < 1.29 is 23.6 Å². The minimum atomic E-state index is -1.00. The number of imide groups is 1. The normalized spacial score (nSPS) is 19.3. The number of anilines is 1. The van der Waals surface area contributed by atoms with Crippen LogP contribution in [0.5, 0.6) is 0 Å². The SMILES string of the molecule is O=C1OCCN1C(=O)[C@H]1[C@H](c2ccc([N+](=O)[O-])cc2)C(c2ccc(F)cc2)=NN1c1ccc(Br)cc1. The number of amides is 2. The Morgan fingerprint density at radius 1 is 1.06 bits per heavy atom. The summed E-state index contributed by atoms with van der Waals surface area (Å²) < 4.78 is 19.5. The van der Waals surface area contributed by atoms with Gasteiger partial charge in [-0.15, -0.1) is 0 Å². The monoisotopic (exact) mass is 552 g/mol. The lowest BCUT2D eigenvalue weighted by atomic mass is 9.84. The zero-order valence-corrected chi connectivity index (χ0v) is 20.2. The van der Waals surface area contributed by atoms with Crippen LogP contribution in [0, 0.1) is 15.9 Å². The number of benzene rings is 3. The molecule has 0 aromatic heterocycles. The first-order valence-corrected chi connectivity index (χ1v) is 11.7. The number of halogens is 2. The topological polar surface area (TPSA) is 105 Å². The molecule has 2 aliphatic heterocycles. The maximum atomic E-state index is 13.8. The van der Waals surface area contributed by atoms with E-state index in [1.54, 1.807) is 48.5 Å². The molecule has 9 nitrogen and oxygen atoms in total. The molecule has 0 bridgehead atoms. The zero-order valence-electron chi connectivity index (χ0n) is 18.6. The number of nitro groups is 1. The number of nitrogens with zero attached hydrogens (tertiary/aromatic N) is 4. The van der Waals surface area contributed by atoms with Crippen LogP contribution in [0.3, 0.4) is 0 Å². The van der Waals surface area contributed by atoms with Crippen molar-refractivity contribution in [2.24, 2.45) is 5.10 Å². The quantitative estimate of drug-likeness (QED) is 0.331. The summed E-state index contributed by atoms with van der Waals surface area (Å²) in [5, 5.41) is 17.5. The van der Waals surface area contributed by atoms with Gasteiger partial charge in [-0.25, -0.2) is 14.1 Å². The smallest absolute Gasteiger partial charge is 0.416 e. The molecule has 3 aromatic carbocycles. The molecule has 2 atom stereocenters. The Labute approximate surface area is 213 Å². The van der Waals surface area contributed by atoms with Crippen molar-refractivity contribution in [1.29, 1.82) is 0 Å². The minimum Gasteiger partial charge on any atom is -0.447 e. The predicted molar refractivity (Wildman–Crippen MR) is 132 cm³/mol. The van der Waals surface area contributed by atoms with Gasteiger partial charge in [-0.05, 0) is 47.5 Å². The molecule has 36 heavy (non-hydrogen) atoms. The molecular formula is C25H18BrFN4O5. The maximum absolute atomic E-state index is 13.8. The summed E-state index contributed by atoms with van der Waals surface area (Å²) in [6.45, 7) is 0.185. The van der Waals surface area contributed by atoms with E-state index in [0.29, 0.717) is 22.5 Å². The molecule has 0 radical (unpaired) electrons. The molecule has 1 fully saturated rings. The van der Waals surface area contributed by atoms with Gasteiger partial charge in [-0.2, -0.15) is 5.10 Å². The molecule has 2 aliphatic rings. The van der Waals surface area contributed by atoms with Crippen molar-refractivity contribution >= 4 is 45.0 Å². The van der Waals surface area contributed by atoms with Crippen molar-refractivity contribution in [2.45, 2.75) is 12.0 Å². The number of rotatable bonds is 5. The molecule has 11 heteroatoms. The molecule has 2 heterocycles. The molecule has 5 rings (SSSR count). The number of carbonyl (C=O) groups is 2. The van der Waals surface area contributed by atoms with E-state index >= 15 is 0 Å². The summed E-state index contributed by atoms with van der Waals surface area (Å²) >= 11 is 3.40. The molecule has 1 saturated heterocycles. The van der Waals surface area contributed by atoms with Gasteiger partial charge in [-0.1, -0.05) is 40.2 Å². The van der Waals surface area contributed by atoms with Crippen molar-refractivity contribution in [3.05, 3.63) is 104 Å². The van der Waals surface area contributed by atoms with Gasteiger partial charge in [0.25, 0.3) is 11.6 Å². The molecule has 0 unspecified atom stereocenters. The lowest BCUT2D eigenvalue weighted by molar-refractivity contribution is -0.384. The standard InChI is InChI=1S/C25H18BrFN4O5/c26-17-5-11-19(12-6-17)30-23(24(32)29-13-14-36-25(29)33)21(15-3-9-20(10-4-15)31(34)35)22(28-30)16-1-7-18(27)8-2-16/h1-12,21,23H,13-14H2/t21-,23-/m1/s1. The van der Waals surface area contributed by atoms with Crippen molar-refractivity contribution in [1.82, 2.24) is 4.90 Å². The number of hydrazone groups is 1. The highest BCUT2D eigenvalue weighted by Crippen LogP contribution is 2.39. The Morgan fingerprint density at radius 2 is 1.72 bits per heavy atom. The van der Waals surface area contributed by atoms with Gasteiger partial charge in [0.05, 0.1) is 28.8 Å². The van der Waals surface area contributed by atoms with Crippen LogP contribution in [-0.2, 0) is 9.53 Å². The molecule has 0 saturated carbocycles. The van der Waals surface area contributed by atoms with E-state index in [-0.39, 0.29) is 18.8 Å². The Bertz CT molecular complexity index is 1360. The van der Waals surface area contributed by atoms with Crippen LogP contribution in [0.2, 0.25) is 0 Å². The average molecular weight is 553 g/mol. The number of ether oxygens (including phenoxy) is 1. The van der Waals surface area contributed by atoms with Crippen LogP contribution in [0.4, 0.5) is 20.6 Å². The first-order valence-electron chi connectivity index (χ1n) is 11.0. The third-order valence-electron chi connectivity index (χ3n) is 6.06. The average Bonchev–Trinajstić information content (AvgIpc) is 3.49. The molecule has 3 aromatic rings. The highest BCUT2D eigenvalue weighted by molar-refractivity contribution is 9.10. The molecule has 182 valence electrons. The lowest BCUT2D eigenvalue weighted by Gasteiger charge is -2.29. The van der Waals surface area contributed by atoms with Crippen LogP contribution in [-0.4, -0.2) is 46.7 Å². The second-order valence-electron chi connectivity index (χ2n) is 8.19. The Balaban J connectivity index is 1.68. The second-order valence-corrected chi connectivity index (χ2v) is 9.10. The van der Waals surface area contributed by atoms with Gasteiger partial charge < -0.3 is 4.74 Å². The summed E-state index contributed by atoms with van der Waals surface area (Å²) in [5.74, 6) is -1.67. The van der Waals surface area contributed by atoms with Gasteiger partial charge in [0.2, 0.25) is 0 Å². The largest absolute Gasteiger partial charge is 0.447 e. The van der Waals surface area contributed by atoms with E-state index in [2.05, 4.69) is 15.9 Å². The lowest BCUT2D eigenvalue weighted by Crippen LogP contribution is -2.48. The van der Waals surface area contributed by atoms with E-state index < -0.39 is 34.7 Å². The summed E-state index contributed by atoms with van der Waals surface area (Å²) in [4.78, 5) is 37.9. The van der Waals surface area contributed by atoms with Crippen molar-refractivity contribution in [2.75, 3.05) is 18.2 Å². The number of cyclic esters (lactones) is 1. The van der Waals surface area contributed by atoms with Gasteiger partial charge in [-0.3, -0.25) is 19.9 Å². The third kappa shape index (κ3) is 4.33. The fourth-order valence-electron chi connectivity index (χ4n) is 4.35. The zero-order chi connectivity index (χ0) is 25.4. The summed E-state index contributed by atoms with van der Waals surface area (Å²) in [6.07, 6.45) is -0.742. The number of carbonyl (C=O) groups excluding carboxylic acids is 2. The van der Waals surface area contributed by atoms with E-state index in [4.69, 9.17) is 9.84 Å².